The second-order valence-corrected chi connectivity index (χ2v) is 12.4. The standard InChI is InChI=1S/C14H30O2S2Si2/c1-7-15-19-13(3,4)9-11-17-18-12-10-14(5,6)20-16-8-2/h7-12H2,1-6H3. The van der Waals surface area contributed by atoms with E-state index in [1.54, 1.807) is 0 Å². The van der Waals surface area contributed by atoms with Gasteiger partial charge in [0.2, 0.25) is 19.5 Å². The fourth-order valence-corrected chi connectivity index (χ4v) is 5.87. The van der Waals surface area contributed by atoms with Gasteiger partial charge in [-0.05, 0) is 36.8 Å². The van der Waals surface area contributed by atoms with Crippen LogP contribution in [0.25, 0.3) is 0 Å². The minimum atomic E-state index is 0.333. The molecule has 2 nitrogen and oxygen atoms in total. The van der Waals surface area contributed by atoms with E-state index in [0.717, 1.165) is 13.2 Å². The molecule has 0 aromatic rings. The molecule has 0 amide bonds. The average Bonchev–Trinajstić information content (AvgIpc) is 2.38. The highest BCUT2D eigenvalue weighted by molar-refractivity contribution is 8.76. The SMILES string of the molecule is CCO[Si]C(C)(C)CCSSCCC(C)(C)[Si]OCC. The van der Waals surface area contributed by atoms with E-state index in [0.29, 0.717) is 29.6 Å². The molecule has 0 fully saturated rings. The topological polar surface area (TPSA) is 18.5 Å². The number of hydrogen-bond donors (Lipinski definition) is 0. The Labute approximate surface area is 139 Å². The minimum absolute atomic E-state index is 0.333. The number of hydrogen-bond acceptors (Lipinski definition) is 4. The number of rotatable bonds is 13. The Morgan fingerprint density at radius 2 is 1.10 bits per heavy atom. The summed E-state index contributed by atoms with van der Waals surface area (Å²) in [7, 11) is 5.26. The first-order valence-corrected chi connectivity index (χ1v) is 11.7. The van der Waals surface area contributed by atoms with Crippen LogP contribution in [0.1, 0.15) is 54.4 Å². The molecule has 0 atom stereocenters. The molecule has 0 saturated heterocycles. The maximum absolute atomic E-state index is 5.56. The van der Waals surface area contributed by atoms with Crippen molar-refractivity contribution in [3.63, 3.8) is 0 Å². The summed E-state index contributed by atoms with van der Waals surface area (Å²) in [6.07, 6.45) is 2.46. The van der Waals surface area contributed by atoms with Crippen LogP contribution in [0.15, 0.2) is 0 Å². The summed E-state index contributed by atoms with van der Waals surface area (Å²) >= 11 is 0. The summed E-state index contributed by atoms with van der Waals surface area (Å²) < 4.78 is 11.1. The lowest BCUT2D eigenvalue weighted by Crippen LogP contribution is -2.17. The van der Waals surface area contributed by atoms with Crippen molar-refractivity contribution in [3.8, 4) is 0 Å². The quantitative estimate of drug-likeness (QED) is 0.268. The molecule has 0 unspecified atom stereocenters. The van der Waals surface area contributed by atoms with E-state index < -0.39 is 0 Å². The van der Waals surface area contributed by atoms with Gasteiger partial charge in [-0.25, -0.2) is 0 Å². The molecule has 0 rings (SSSR count). The fraction of sp³-hybridized carbons (Fsp3) is 1.00. The molecule has 0 aliphatic rings. The van der Waals surface area contributed by atoms with Crippen molar-refractivity contribution in [2.75, 3.05) is 24.7 Å². The van der Waals surface area contributed by atoms with Crippen LogP contribution in [0.2, 0.25) is 10.1 Å². The van der Waals surface area contributed by atoms with Gasteiger partial charge in [0.1, 0.15) is 0 Å². The molecule has 6 heteroatoms. The predicted molar refractivity (Wildman–Crippen MR) is 97.0 cm³/mol. The second kappa shape index (κ2) is 11.6. The van der Waals surface area contributed by atoms with Gasteiger partial charge in [-0.3, -0.25) is 0 Å². The smallest absolute Gasteiger partial charge is 0.235 e. The lowest BCUT2D eigenvalue weighted by molar-refractivity contribution is 0.338. The average molecular weight is 351 g/mol. The molecular weight excluding hydrogens is 320 g/mol. The van der Waals surface area contributed by atoms with Crippen LogP contribution in [0.5, 0.6) is 0 Å². The molecule has 0 aliphatic heterocycles. The van der Waals surface area contributed by atoms with Gasteiger partial charge in [0, 0.05) is 24.7 Å². The Hall–Kier alpha value is 1.05. The third kappa shape index (κ3) is 12.8. The largest absolute Gasteiger partial charge is 0.417 e. The van der Waals surface area contributed by atoms with Crippen LogP contribution in [0.3, 0.4) is 0 Å². The van der Waals surface area contributed by atoms with Crippen molar-refractivity contribution in [1.82, 2.24) is 0 Å². The van der Waals surface area contributed by atoms with Gasteiger partial charge in [0.05, 0.1) is 0 Å². The van der Waals surface area contributed by atoms with Crippen LogP contribution in [-0.2, 0) is 8.85 Å². The van der Waals surface area contributed by atoms with E-state index in [-0.39, 0.29) is 0 Å². The van der Waals surface area contributed by atoms with E-state index in [2.05, 4.69) is 41.5 Å². The molecular formula is C14H30O2S2Si2. The van der Waals surface area contributed by atoms with Crippen molar-refractivity contribution in [2.24, 2.45) is 0 Å². The van der Waals surface area contributed by atoms with Crippen molar-refractivity contribution in [2.45, 2.75) is 64.5 Å². The molecule has 0 aliphatic carbocycles. The Kier molecular flexibility index (Phi) is 12.2. The Morgan fingerprint density at radius 3 is 1.40 bits per heavy atom. The van der Waals surface area contributed by atoms with Crippen LogP contribution in [0, 0.1) is 0 Å². The molecule has 0 aromatic heterocycles. The molecule has 20 heavy (non-hydrogen) atoms. The highest BCUT2D eigenvalue weighted by Gasteiger charge is 2.21. The first-order valence-electron chi connectivity index (χ1n) is 7.35. The first kappa shape index (κ1) is 21.1. The molecule has 0 aromatic carbocycles. The lowest BCUT2D eigenvalue weighted by atomic mass is 10.1. The first-order chi connectivity index (χ1) is 9.33. The zero-order valence-corrected chi connectivity index (χ0v) is 17.5. The molecule has 0 bridgehead atoms. The summed E-state index contributed by atoms with van der Waals surface area (Å²) in [6, 6.07) is 0. The molecule has 4 radical (unpaired) electrons. The third-order valence-electron chi connectivity index (χ3n) is 2.69. The monoisotopic (exact) mass is 350 g/mol. The maximum Gasteiger partial charge on any atom is 0.235 e. The van der Waals surface area contributed by atoms with E-state index in [1.165, 1.54) is 24.3 Å². The molecule has 0 spiro atoms. The van der Waals surface area contributed by atoms with E-state index >= 15 is 0 Å². The zero-order chi connectivity index (χ0) is 15.5. The highest BCUT2D eigenvalue weighted by Crippen LogP contribution is 2.36. The zero-order valence-electron chi connectivity index (χ0n) is 13.9. The van der Waals surface area contributed by atoms with E-state index in [4.69, 9.17) is 8.85 Å². The van der Waals surface area contributed by atoms with Crippen molar-refractivity contribution >= 4 is 41.1 Å². The Bertz CT molecular complexity index is 215. The minimum Gasteiger partial charge on any atom is -0.417 e. The van der Waals surface area contributed by atoms with Gasteiger partial charge in [0.25, 0.3) is 0 Å². The fourth-order valence-electron chi connectivity index (χ4n) is 1.35. The summed E-state index contributed by atoms with van der Waals surface area (Å²) in [4.78, 5) is 0. The lowest BCUT2D eigenvalue weighted by Gasteiger charge is -2.23. The molecule has 0 N–H and O–H groups in total. The van der Waals surface area contributed by atoms with Crippen LogP contribution < -0.4 is 0 Å². The van der Waals surface area contributed by atoms with Gasteiger partial charge in [-0.15, -0.1) is 0 Å². The maximum atomic E-state index is 5.56. The predicted octanol–water partition coefficient (Wildman–Crippen LogP) is 4.86. The van der Waals surface area contributed by atoms with E-state index in [9.17, 15) is 0 Å². The van der Waals surface area contributed by atoms with Crippen molar-refractivity contribution in [3.05, 3.63) is 0 Å². The molecule has 118 valence electrons. The van der Waals surface area contributed by atoms with Crippen molar-refractivity contribution < 1.29 is 8.85 Å². The van der Waals surface area contributed by atoms with Gasteiger partial charge in [0.15, 0.2) is 0 Å². The summed E-state index contributed by atoms with van der Waals surface area (Å²) in [6.45, 7) is 15.0. The van der Waals surface area contributed by atoms with Gasteiger partial charge >= 0.3 is 0 Å². The summed E-state index contributed by atoms with van der Waals surface area (Å²) in [5.41, 5.74) is 0. The van der Waals surface area contributed by atoms with Crippen LogP contribution >= 0.6 is 21.6 Å². The molecule has 0 heterocycles. The van der Waals surface area contributed by atoms with Crippen LogP contribution in [0.4, 0.5) is 0 Å². The third-order valence-corrected chi connectivity index (χ3v) is 7.57. The summed E-state index contributed by atoms with van der Waals surface area (Å²) in [5.74, 6) is 2.43. The van der Waals surface area contributed by atoms with Gasteiger partial charge in [-0.2, -0.15) is 0 Å². The van der Waals surface area contributed by atoms with Crippen LogP contribution in [-0.4, -0.2) is 44.2 Å². The highest BCUT2D eigenvalue weighted by atomic mass is 33.1. The molecule has 0 saturated carbocycles. The van der Waals surface area contributed by atoms with Crippen molar-refractivity contribution in [1.29, 1.82) is 0 Å². The van der Waals surface area contributed by atoms with Gasteiger partial charge in [-0.1, -0.05) is 49.3 Å². The normalized spacial score (nSPS) is 12.9. The summed E-state index contributed by atoms with van der Waals surface area (Å²) in [5, 5.41) is 0.665. The Morgan fingerprint density at radius 1 is 0.750 bits per heavy atom. The van der Waals surface area contributed by atoms with E-state index in [1.807, 2.05) is 21.6 Å². The van der Waals surface area contributed by atoms with Gasteiger partial charge < -0.3 is 8.85 Å². The second-order valence-electron chi connectivity index (χ2n) is 5.98. The Balaban J connectivity index is 3.57.